The quantitative estimate of drug-likeness (QED) is 0.775. The molecule has 1 heterocycles. The van der Waals surface area contributed by atoms with Crippen molar-refractivity contribution in [1.82, 2.24) is 4.31 Å². The molecule has 0 radical (unpaired) electrons. The minimum atomic E-state index is -3.27. The molecule has 0 saturated carbocycles. The van der Waals surface area contributed by atoms with Gasteiger partial charge in [-0.25, -0.2) is 12.7 Å². The summed E-state index contributed by atoms with van der Waals surface area (Å²) < 4.78 is 31.3. The van der Waals surface area contributed by atoms with Crippen molar-refractivity contribution in [2.75, 3.05) is 20.2 Å². The fourth-order valence-electron chi connectivity index (χ4n) is 1.50. The van der Waals surface area contributed by atoms with E-state index in [2.05, 4.69) is 15.9 Å². The van der Waals surface area contributed by atoms with E-state index in [0.29, 0.717) is 13.2 Å². The van der Waals surface area contributed by atoms with Gasteiger partial charge in [0.1, 0.15) is 0 Å². The number of benzene rings is 1. The summed E-state index contributed by atoms with van der Waals surface area (Å²) in [5.74, 6) is 0.0116. The molecule has 17 heavy (non-hydrogen) atoms. The second-order valence-electron chi connectivity index (χ2n) is 4.08. The molecule has 1 aromatic carbocycles. The van der Waals surface area contributed by atoms with Crippen molar-refractivity contribution in [2.45, 2.75) is 11.9 Å². The number of hydrogen-bond acceptors (Lipinski definition) is 3. The van der Waals surface area contributed by atoms with Gasteiger partial charge >= 0.3 is 0 Å². The number of nitrogens with zero attached hydrogens (tertiary/aromatic N) is 1. The third-order valence-corrected chi connectivity index (χ3v) is 5.18. The van der Waals surface area contributed by atoms with Gasteiger partial charge in [0.2, 0.25) is 10.0 Å². The molecule has 4 nitrogen and oxygen atoms in total. The molecule has 0 amide bonds. The lowest BCUT2D eigenvalue weighted by molar-refractivity contribution is 0.359. The maximum Gasteiger partial charge on any atom is 0.218 e. The molecule has 1 atom stereocenters. The van der Waals surface area contributed by atoms with Crippen molar-refractivity contribution >= 4 is 26.0 Å². The molecule has 1 aliphatic heterocycles. The summed E-state index contributed by atoms with van der Waals surface area (Å²) in [6.07, 6.45) is 0.0778. The van der Waals surface area contributed by atoms with E-state index in [1.54, 1.807) is 7.05 Å². The predicted molar refractivity (Wildman–Crippen MR) is 69.1 cm³/mol. The van der Waals surface area contributed by atoms with Crippen LogP contribution in [0.5, 0.6) is 0 Å². The van der Waals surface area contributed by atoms with Gasteiger partial charge in [-0.1, -0.05) is 34.1 Å². The van der Waals surface area contributed by atoms with Gasteiger partial charge in [0.05, 0.1) is 18.5 Å². The minimum absolute atomic E-state index is 0.0116. The van der Waals surface area contributed by atoms with Crippen LogP contribution in [0.25, 0.3) is 0 Å². The van der Waals surface area contributed by atoms with Crippen molar-refractivity contribution in [3.8, 4) is 0 Å². The number of likely N-dealkylation sites (N-methyl/N-ethyl adjacent to an activating group) is 1. The Bertz CT molecular complexity index is 499. The van der Waals surface area contributed by atoms with Crippen molar-refractivity contribution in [1.29, 1.82) is 0 Å². The number of rotatable bonds is 5. The first-order valence-electron chi connectivity index (χ1n) is 5.28. The van der Waals surface area contributed by atoms with Gasteiger partial charge in [-0.3, -0.25) is 0 Å². The highest BCUT2D eigenvalue weighted by atomic mass is 79.9. The number of halogens is 1. The fourth-order valence-corrected chi connectivity index (χ4v) is 3.37. The van der Waals surface area contributed by atoms with Crippen molar-refractivity contribution in [2.24, 2.45) is 0 Å². The van der Waals surface area contributed by atoms with Crippen LogP contribution >= 0.6 is 15.9 Å². The Kier molecular flexibility index (Phi) is 3.87. The predicted octanol–water partition coefficient (Wildman–Crippen LogP) is 1.61. The van der Waals surface area contributed by atoms with Gasteiger partial charge in [0.25, 0.3) is 0 Å². The van der Waals surface area contributed by atoms with Gasteiger partial charge in [-0.15, -0.1) is 0 Å². The number of sulfonamides is 1. The van der Waals surface area contributed by atoms with Crippen LogP contribution in [0.1, 0.15) is 5.56 Å². The van der Waals surface area contributed by atoms with E-state index < -0.39 is 10.0 Å². The Morgan fingerprint density at radius 3 is 2.71 bits per heavy atom. The van der Waals surface area contributed by atoms with Gasteiger partial charge in [-0.2, -0.15) is 0 Å². The van der Waals surface area contributed by atoms with E-state index in [9.17, 15) is 8.42 Å². The highest BCUT2D eigenvalue weighted by molar-refractivity contribution is 9.10. The first kappa shape index (κ1) is 13.0. The van der Waals surface area contributed by atoms with Crippen LogP contribution in [0.2, 0.25) is 0 Å². The Morgan fingerprint density at radius 2 is 2.12 bits per heavy atom. The van der Waals surface area contributed by atoms with E-state index in [-0.39, 0.29) is 11.9 Å². The maximum absolute atomic E-state index is 12.1. The summed E-state index contributed by atoms with van der Waals surface area (Å²) in [7, 11) is -1.68. The minimum Gasteiger partial charge on any atom is -0.372 e. The van der Waals surface area contributed by atoms with E-state index in [4.69, 9.17) is 4.74 Å². The monoisotopic (exact) mass is 319 g/mol. The summed E-state index contributed by atoms with van der Waals surface area (Å²) in [4.78, 5) is 0. The Morgan fingerprint density at radius 1 is 1.47 bits per heavy atom. The van der Waals surface area contributed by atoms with Crippen LogP contribution in [-0.4, -0.2) is 39.0 Å². The first-order valence-corrected chi connectivity index (χ1v) is 7.68. The molecule has 94 valence electrons. The second-order valence-corrected chi connectivity index (χ2v) is 7.01. The molecule has 2 rings (SSSR count). The molecular weight excluding hydrogens is 306 g/mol. The molecule has 0 unspecified atom stereocenters. The lowest BCUT2D eigenvalue weighted by Crippen LogP contribution is -2.31. The topological polar surface area (TPSA) is 49.9 Å². The first-order chi connectivity index (χ1) is 7.99. The van der Waals surface area contributed by atoms with Crippen LogP contribution in [0, 0.1) is 0 Å². The molecule has 0 bridgehead atoms. The van der Waals surface area contributed by atoms with E-state index in [0.717, 1.165) is 10.0 Å². The molecule has 0 spiro atoms. The maximum atomic E-state index is 12.1. The van der Waals surface area contributed by atoms with Crippen LogP contribution in [0.15, 0.2) is 28.7 Å². The van der Waals surface area contributed by atoms with Crippen LogP contribution < -0.4 is 0 Å². The average Bonchev–Trinajstić information content (AvgIpc) is 3.05. The molecule has 1 aliphatic rings. The molecule has 6 heteroatoms. The molecule has 0 aromatic heterocycles. The Hall–Kier alpha value is -0.430. The van der Waals surface area contributed by atoms with Gasteiger partial charge < -0.3 is 4.74 Å². The highest BCUT2D eigenvalue weighted by Gasteiger charge is 2.29. The average molecular weight is 320 g/mol. The number of hydrogen-bond donors (Lipinski definition) is 0. The normalized spacial score (nSPS) is 19.6. The van der Waals surface area contributed by atoms with Crippen LogP contribution in [-0.2, 0) is 20.5 Å². The van der Waals surface area contributed by atoms with Gasteiger partial charge in [-0.05, 0) is 11.6 Å². The molecule has 1 aromatic rings. The van der Waals surface area contributed by atoms with E-state index in [1.165, 1.54) is 4.31 Å². The summed E-state index contributed by atoms with van der Waals surface area (Å²) >= 11 is 3.35. The highest BCUT2D eigenvalue weighted by Crippen LogP contribution is 2.20. The zero-order valence-electron chi connectivity index (χ0n) is 9.47. The zero-order chi connectivity index (χ0) is 12.5. The molecule has 1 saturated heterocycles. The lowest BCUT2D eigenvalue weighted by atomic mass is 10.2. The third kappa shape index (κ3) is 3.51. The summed E-state index contributed by atoms with van der Waals surface area (Å²) in [6, 6.07) is 7.35. The Labute approximate surface area is 110 Å². The number of epoxide rings is 1. The van der Waals surface area contributed by atoms with E-state index in [1.807, 2.05) is 24.3 Å². The molecule has 0 N–H and O–H groups in total. The van der Waals surface area contributed by atoms with Crippen molar-refractivity contribution in [3.05, 3.63) is 34.3 Å². The molecule has 1 fully saturated rings. The molecule has 0 aliphatic carbocycles. The Balaban J connectivity index is 2.08. The smallest absolute Gasteiger partial charge is 0.218 e. The van der Waals surface area contributed by atoms with Crippen molar-refractivity contribution < 1.29 is 13.2 Å². The molecular formula is C11H14BrNO3S. The van der Waals surface area contributed by atoms with Crippen molar-refractivity contribution in [3.63, 3.8) is 0 Å². The van der Waals surface area contributed by atoms with Crippen LogP contribution in [0.4, 0.5) is 0 Å². The second kappa shape index (κ2) is 5.06. The van der Waals surface area contributed by atoms with Gasteiger partial charge in [0.15, 0.2) is 0 Å². The summed E-state index contributed by atoms with van der Waals surface area (Å²) in [5.41, 5.74) is 0.774. The standard InChI is InChI=1S/C11H14BrNO3S/c1-13(6-10-7-16-10)17(14,15)8-9-4-2-3-5-11(9)12/h2-5,10H,6-8H2,1H3/t10-/m0/s1. The fraction of sp³-hybridized carbons (Fsp3) is 0.455. The van der Waals surface area contributed by atoms with Gasteiger partial charge in [0, 0.05) is 18.1 Å². The van der Waals surface area contributed by atoms with E-state index >= 15 is 0 Å². The SMILES string of the molecule is CN(C[C@H]1CO1)S(=O)(=O)Cc1ccccc1Br. The summed E-state index contributed by atoms with van der Waals surface area (Å²) in [6.45, 7) is 1.10. The lowest BCUT2D eigenvalue weighted by Gasteiger charge is -2.16. The van der Waals surface area contributed by atoms with Crippen LogP contribution in [0.3, 0.4) is 0 Å². The third-order valence-electron chi connectivity index (χ3n) is 2.63. The largest absolute Gasteiger partial charge is 0.372 e. The summed E-state index contributed by atoms with van der Waals surface area (Å²) in [5, 5.41) is 0. The zero-order valence-corrected chi connectivity index (χ0v) is 11.9. The number of ether oxygens (including phenoxy) is 1.